The Morgan fingerprint density at radius 3 is 1.65 bits per heavy atom. The van der Waals surface area contributed by atoms with E-state index >= 15 is 0 Å². The molecular weight excluding hydrogens is 280 g/mol. The van der Waals surface area contributed by atoms with E-state index in [1.54, 1.807) is 0 Å². The summed E-state index contributed by atoms with van der Waals surface area (Å²) in [6.07, 6.45) is 0.647. The van der Waals surface area contributed by atoms with Crippen LogP contribution in [0.4, 0.5) is 0 Å². The first kappa shape index (κ1) is 17.5. The summed E-state index contributed by atoms with van der Waals surface area (Å²) in [5.74, 6) is 1.46. The van der Waals surface area contributed by atoms with E-state index in [1.165, 1.54) is 11.1 Å². The van der Waals surface area contributed by atoms with Crippen LogP contribution in [0.2, 0.25) is 0 Å². The fraction of sp³-hybridized carbons (Fsp3) is 0.409. The fourth-order valence-electron chi connectivity index (χ4n) is 3.09. The summed E-state index contributed by atoms with van der Waals surface area (Å²) in [6, 6.07) is 20.8. The Bertz CT molecular complexity index is 602. The summed E-state index contributed by atoms with van der Waals surface area (Å²) < 4.78 is 0. The van der Waals surface area contributed by atoms with Gasteiger partial charge in [-0.3, -0.25) is 4.79 Å². The SMILES string of the molecule is CC(CC(=O)C(C)C(C)c1ccccc1)C(C)c1ccccc1. The summed E-state index contributed by atoms with van der Waals surface area (Å²) >= 11 is 0. The van der Waals surface area contributed by atoms with Crippen LogP contribution in [0, 0.1) is 11.8 Å². The molecule has 0 saturated carbocycles. The number of carbonyl (C=O) groups is 1. The minimum atomic E-state index is 0.0582. The van der Waals surface area contributed by atoms with Crippen LogP contribution in [0.1, 0.15) is 57.1 Å². The number of hydrogen-bond donors (Lipinski definition) is 0. The molecule has 0 aliphatic carbocycles. The van der Waals surface area contributed by atoms with Crippen molar-refractivity contribution in [1.29, 1.82) is 0 Å². The van der Waals surface area contributed by atoms with Gasteiger partial charge in [0.15, 0.2) is 0 Å². The molecule has 0 saturated heterocycles. The highest BCUT2D eigenvalue weighted by Gasteiger charge is 2.25. The number of rotatable bonds is 7. The van der Waals surface area contributed by atoms with Crippen LogP contribution in [0.5, 0.6) is 0 Å². The van der Waals surface area contributed by atoms with Crippen molar-refractivity contribution in [3.63, 3.8) is 0 Å². The molecule has 4 atom stereocenters. The summed E-state index contributed by atoms with van der Waals surface area (Å²) in [6.45, 7) is 8.64. The smallest absolute Gasteiger partial charge is 0.136 e. The van der Waals surface area contributed by atoms with Crippen molar-refractivity contribution in [3.05, 3.63) is 71.8 Å². The predicted molar refractivity (Wildman–Crippen MR) is 97.7 cm³/mol. The minimum Gasteiger partial charge on any atom is -0.299 e. The maximum atomic E-state index is 12.7. The van der Waals surface area contributed by atoms with Crippen LogP contribution in [0.15, 0.2) is 60.7 Å². The zero-order valence-electron chi connectivity index (χ0n) is 14.7. The molecular formula is C22H28O. The molecule has 4 unspecified atom stereocenters. The van der Waals surface area contributed by atoms with Crippen LogP contribution >= 0.6 is 0 Å². The molecule has 1 heteroatoms. The van der Waals surface area contributed by atoms with E-state index in [2.05, 4.69) is 64.1 Å². The first-order valence-corrected chi connectivity index (χ1v) is 8.63. The molecule has 0 radical (unpaired) electrons. The molecule has 0 aromatic heterocycles. The number of hydrogen-bond acceptors (Lipinski definition) is 1. The Morgan fingerprint density at radius 1 is 0.739 bits per heavy atom. The maximum Gasteiger partial charge on any atom is 0.136 e. The van der Waals surface area contributed by atoms with Crippen LogP contribution in [0.3, 0.4) is 0 Å². The highest BCUT2D eigenvalue weighted by molar-refractivity contribution is 5.81. The zero-order valence-corrected chi connectivity index (χ0v) is 14.7. The van der Waals surface area contributed by atoms with Gasteiger partial charge in [0, 0.05) is 12.3 Å². The summed E-state index contributed by atoms with van der Waals surface area (Å²) in [5, 5.41) is 0. The lowest BCUT2D eigenvalue weighted by atomic mass is 9.79. The minimum absolute atomic E-state index is 0.0582. The molecule has 0 amide bonds. The number of ketones is 1. The molecule has 0 heterocycles. The molecule has 122 valence electrons. The first-order valence-electron chi connectivity index (χ1n) is 8.63. The lowest BCUT2D eigenvalue weighted by Gasteiger charge is -2.24. The summed E-state index contributed by atoms with van der Waals surface area (Å²) in [4.78, 5) is 12.7. The second-order valence-corrected chi connectivity index (χ2v) is 6.84. The van der Waals surface area contributed by atoms with Crippen molar-refractivity contribution in [3.8, 4) is 0 Å². The Morgan fingerprint density at radius 2 is 1.17 bits per heavy atom. The monoisotopic (exact) mass is 308 g/mol. The standard InChI is InChI=1S/C22H28O/c1-16(17(2)20-11-7-5-8-12-20)15-22(23)19(4)18(3)21-13-9-6-10-14-21/h5-14,16-19H,15H2,1-4H3. The van der Waals surface area contributed by atoms with Gasteiger partial charge in [-0.15, -0.1) is 0 Å². The van der Waals surface area contributed by atoms with Crippen LogP contribution in [-0.2, 0) is 4.79 Å². The average Bonchev–Trinajstić information content (AvgIpc) is 2.61. The van der Waals surface area contributed by atoms with Gasteiger partial charge in [0.2, 0.25) is 0 Å². The van der Waals surface area contributed by atoms with Gasteiger partial charge in [-0.2, -0.15) is 0 Å². The topological polar surface area (TPSA) is 17.1 Å². The third-order valence-electron chi connectivity index (χ3n) is 5.29. The van der Waals surface area contributed by atoms with E-state index in [1.807, 2.05) is 24.3 Å². The Balaban J connectivity index is 1.98. The number of benzene rings is 2. The summed E-state index contributed by atoms with van der Waals surface area (Å²) in [5.41, 5.74) is 2.56. The largest absolute Gasteiger partial charge is 0.299 e. The van der Waals surface area contributed by atoms with E-state index in [0.29, 0.717) is 24.0 Å². The molecule has 0 N–H and O–H groups in total. The van der Waals surface area contributed by atoms with Gasteiger partial charge in [-0.25, -0.2) is 0 Å². The Hall–Kier alpha value is -1.89. The van der Waals surface area contributed by atoms with Crippen LogP contribution in [0.25, 0.3) is 0 Å². The highest BCUT2D eigenvalue weighted by Crippen LogP contribution is 2.31. The van der Waals surface area contributed by atoms with Crippen molar-refractivity contribution in [1.82, 2.24) is 0 Å². The predicted octanol–water partition coefficient (Wildman–Crippen LogP) is 5.83. The van der Waals surface area contributed by atoms with E-state index in [4.69, 9.17) is 0 Å². The van der Waals surface area contributed by atoms with E-state index in [-0.39, 0.29) is 11.8 Å². The van der Waals surface area contributed by atoms with Crippen LogP contribution in [-0.4, -0.2) is 5.78 Å². The zero-order chi connectivity index (χ0) is 16.8. The Kier molecular flexibility index (Phi) is 6.15. The van der Waals surface area contributed by atoms with E-state index < -0.39 is 0 Å². The molecule has 2 rings (SSSR count). The quantitative estimate of drug-likeness (QED) is 0.629. The van der Waals surface area contributed by atoms with Gasteiger partial charge in [0.1, 0.15) is 5.78 Å². The van der Waals surface area contributed by atoms with Crippen molar-refractivity contribution < 1.29 is 4.79 Å². The van der Waals surface area contributed by atoms with Crippen molar-refractivity contribution >= 4 is 5.78 Å². The normalized spacial score (nSPS) is 16.3. The third-order valence-corrected chi connectivity index (χ3v) is 5.29. The fourth-order valence-corrected chi connectivity index (χ4v) is 3.09. The van der Waals surface area contributed by atoms with Gasteiger partial charge in [-0.05, 0) is 28.9 Å². The molecule has 23 heavy (non-hydrogen) atoms. The van der Waals surface area contributed by atoms with Gasteiger partial charge in [0.05, 0.1) is 0 Å². The second kappa shape index (κ2) is 8.10. The second-order valence-electron chi connectivity index (χ2n) is 6.84. The molecule has 2 aromatic rings. The number of Topliss-reactive ketones (excluding diaryl/α,β-unsaturated/α-hetero) is 1. The van der Waals surface area contributed by atoms with Crippen LogP contribution < -0.4 is 0 Å². The summed E-state index contributed by atoms with van der Waals surface area (Å²) in [7, 11) is 0. The van der Waals surface area contributed by atoms with Crippen molar-refractivity contribution in [2.75, 3.05) is 0 Å². The molecule has 0 bridgehead atoms. The molecule has 0 aliphatic heterocycles. The first-order chi connectivity index (χ1) is 11.0. The van der Waals surface area contributed by atoms with Crippen molar-refractivity contribution in [2.45, 2.75) is 46.0 Å². The molecule has 0 aliphatic rings. The third kappa shape index (κ3) is 4.54. The Labute approximate surface area is 140 Å². The molecule has 1 nitrogen and oxygen atoms in total. The number of carbonyl (C=O) groups excluding carboxylic acids is 1. The maximum absolute atomic E-state index is 12.7. The van der Waals surface area contributed by atoms with Gasteiger partial charge in [0.25, 0.3) is 0 Å². The van der Waals surface area contributed by atoms with Gasteiger partial charge >= 0.3 is 0 Å². The average molecular weight is 308 g/mol. The lowest BCUT2D eigenvalue weighted by molar-refractivity contribution is -0.123. The van der Waals surface area contributed by atoms with E-state index in [0.717, 1.165) is 0 Å². The molecule has 2 aromatic carbocycles. The van der Waals surface area contributed by atoms with Gasteiger partial charge in [-0.1, -0.05) is 88.4 Å². The van der Waals surface area contributed by atoms with Gasteiger partial charge < -0.3 is 0 Å². The molecule has 0 spiro atoms. The van der Waals surface area contributed by atoms with Crippen molar-refractivity contribution in [2.24, 2.45) is 11.8 Å². The van der Waals surface area contributed by atoms with E-state index in [9.17, 15) is 4.79 Å². The lowest BCUT2D eigenvalue weighted by Crippen LogP contribution is -2.21. The highest BCUT2D eigenvalue weighted by atomic mass is 16.1. The molecule has 0 fully saturated rings.